The molecule has 0 aromatic carbocycles. The molecular formula is C13H24N2O3S. The average molecular weight is 288 g/mol. The minimum Gasteiger partial charge on any atom is -0.481 e. The molecule has 1 aliphatic rings. The molecule has 0 heterocycles. The van der Waals surface area contributed by atoms with E-state index in [1.807, 2.05) is 11.8 Å². The zero-order chi connectivity index (χ0) is 14.1. The van der Waals surface area contributed by atoms with Crippen LogP contribution in [0.5, 0.6) is 0 Å². The summed E-state index contributed by atoms with van der Waals surface area (Å²) in [6.45, 7) is 0.657. The number of urea groups is 1. The minimum absolute atomic E-state index is 0.214. The Morgan fingerprint density at radius 2 is 2.05 bits per heavy atom. The van der Waals surface area contributed by atoms with Gasteiger partial charge < -0.3 is 15.7 Å². The largest absolute Gasteiger partial charge is 0.481 e. The van der Waals surface area contributed by atoms with Gasteiger partial charge in [-0.2, -0.15) is 11.8 Å². The molecule has 5 nitrogen and oxygen atoms in total. The van der Waals surface area contributed by atoms with Crippen molar-refractivity contribution < 1.29 is 14.7 Å². The van der Waals surface area contributed by atoms with E-state index in [0.29, 0.717) is 13.0 Å². The van der Waals surface area contributed by atoms with E-state index in [4.69, 9.17) is 5.11 Å². The first-order chi connectivity index (χ1) is 9.15. The molecule has 6 heteroatoms. The molecule has 2 atom stereocenters. The summed E-state index contributed by atoms with van der Waals surface area (Å²) in [5, 5.41) is 14.6. The standard InChI is InChI=1S/C13H24N2O3S/c1-19-9-4-2-3-8-14-13(18)15-11-7-5-6-10(11)12(16)17/h10-11H,2-9H2,1H3,(H,16,17)(H2,14,15,18). The van der Waals surface area contributed by atoms with Crippen LogP contribution in [0.15, 0.2) is 0 Å². The number of carbonyl (C=O) groups is 2. The van der Waals surface area contributed by atoms with E-state index in [9.17, 15) is 9.59 Å². The molecule has 0 saturated heterocycles. The lowest BCUT2D eigenvalue weighted by Gasteiger charge is -2.17. The van der Waals surface area contributed by atoms with Crippen LogP contribution in [-0.2, 0) is 4.79 Å². The van der Waals surface area contributed by atoms with Gasteiger partial charge in [-0.15, -0.1) is 0 Å². The normalized spacial score (nSPS) is 22.2. The second-order valence-electron chi connectivity index (χ2n) is 4.94. The summed E-state index contributed by atoms with van der Waals surface area (Å²) >= 11 is 1.83. The van der Waals surface area contributed by atoms with Gasteiger partial charge in [-0.05, 0) is 37.7 Å². The maximum absolute atomic E-state index is 11.6. The number of unbranched alkanes of at least 4 members (excludes halogenated alkanes) is 2. The molecule has 0 spiro atoms. The highest BCUT2D eigenvalue weighted by Crippen LogP contribution is 2.25. The molecule has 19 heavy (non-hydrogen) atoms. The number of carboxylic acid groups (broad SMARTS) is 1. The van der Waals surface area contributed by atoms with Crippen molar-refractivity contribution in [3.63, 3.8) is 0 Å². The SMILES string of the molecule is CSCCCCCNC(=O)NC1CCCC1C(=O)O. The van der Waals surface area contributed by atoms with Gasteiger partial charge in [0.2, 0.25) is 0 Å². The zero-order valence-electron chi connectivity index (χ0n) is 11.5. The van der Waals surface area contributed by atoms with Gasteiger partial charge in [0.05, 0.1) is 5.92 Å². The number of nitrogens with one attached hydrogen (secondary N) is 2. The molecular weight excluding hydrogens is 264 g/mol. The smallest absolute Gasteiger partial charge is 0.315 e. The number of thioether (sulfide) groups is 1. The first kappa shape index (κ1) is 16.1. The molecule has 2 unspecified atom stereocenters. The highest BCUT2D eigenvalue weighted by atomic mass is 32.2. The first-order valence-electron chi connectivity index (χ1n) is 6.91. The molecule has 0 radical (unpaired) electrons. The highest BCUT2D eigenvalue weighted by molar-refractivity contribution is 7.98. The van der Waals surface area contributed by atoms with E-state index in [2.05, 4.69) is 16.9 Å². The van der Waals surface area contributed by atoms with Crippen LogP contribution in [0.3, 0.4) is 0 Å². The van der Waals surface area contributed by atoms with Gasteiger partial charge in [0.15, 0.2) is 0 Å². The molecule has 1 aliphatic carbocycles. The van der Waals surface area contributed by atoms with Gasteiger partial charge >= 0.3 is 12.0 Å². The second-order valence-corrected chi connectivity index (χ2v) is 5.92. The first-order valence-corrected chi connectivity index (χ1v) is 8.30. The lowest BCUT2D eigenvalue weighted by atomic mass is 10.0. The lowest BCUT2D eigenvalue weighted by Crippen LogP contribution is -2.45. The van der Waals surface area contributed by atoms with E-state index < -0.39 is 11.9 Å². The number of carboxylic acids is 1. The van der Waals surface area contributed by atoms with Crippen LogP contribution < -0.4 is 10.6 Å². The third kappa shape index (κ3) is 6.18. The molecule has 3 N–H and O–H groups in total. The van der Waals surface area contributed by atoms with E-state index in [-0.39, 0.29) is 12.1 Å². The predicted octanol–water partition coefficient (Wildman–Crippen LogP) is 2.07. The van der Waals surface area contributed by atoms with Gasteiger partial charge in [0, 0.05) is 12.6 Å². The Hall–Kier alpha value is -0.910. The minimum atomic E-state index is -0.806. The number of rotatable bonds is 8. The quantitative estimate of drug-likeness (QED) is 0.597. The van der Waals surface area contributed by atoms with Crippen LogP contribution in [0.4, 0.5) is 4.79 Å². The van der Waals surface area contributed by atoms with Crippen molar-refractivity contribution in [3.8, 4) is 0 Å². The Morgan fingerprint density at radius 3 is 2.74 bits per heavy atom. The average Bonchev–Trinajstić information content (AvgIpc) is 2.81. The van der Waals surface area contributed by atoms with Crippen LogP contribution >= 0.6 is 11.8 Å². The molecule has 0 aromatic heterocycles. The van der Waals surface area contributed by atoms with Gasteiger partial charge in [-0.25, -0.2) is 4.79 Å². The fourth-order valence-electron chi connectivity index (χ4n) is 2.40. The molecule has 0 aromatic rings. The van der Waals surface area contributed by atoms with Gasteiger partial charge in [-0.3, -0.25) is 4.79 Å². The van der Waals surface area contributed by atoms with Crippen molar-refractivity contribution >= 4 is 23.8 Å². The van der Waals surface area contributed by atoms with E-state index >= 15 is 0 Å². The Balaban J connectivity index is 2.12. The maximum atomic E-state index is 11.6. The van der Waals surface area contributed by atoms with Crippen molar-refractivity contribution in [1.82, 2.24) is 10.6 Å². The number of hydrogen-bond acceptors (Lipinski definition) is 3. The highest BCUT2D eigenvalue weighted by Gasteiger charge is 2.33. The molecule has 0 bridgehead atoms. The Labute approximate surface area is 118 Å². The molecule has 2 amide bonds. The van der Waals surface area contributed by atoms with E-state index in [1.54, 1.807) is 0 Å². The zero-order valence-corrected chi connectivity index (χ0v) is 12.3. The van der Waals surface area contributed by atoms with Crippen LogP contribution in [0.2, 0.25) is 0 Å². The summed E-state index contributed by atoms with van der Waals surface area (Å²) in [6, 6.07) is -0.447. The predicted molar refractivity (Wildman–Crippen MR) is 77.5 cm³/mol. The summed E-state index contributed by atoms with van der Waals surface area (Å²) in [4.78, 5) is 22.6. The van der Waals surface area contributed by atoms with Crippen LogP contribution in [-0.4, -0.2) is 41.7 Å². The van der Waals surface area contributed by atoms with Crippen molar-refractivity contribution in [2.24, 2.45) is 5.92 Å². The summed E-state index contributed by atoms with van der Waals surface area (Å²) in [5.74, 6) is -0.0682. The maximum Gasteiger partial charge on any atom is 0.315 e. The van der Waals surface area contributed by atoms with Gasteiger partial charge in [0.1, 0.15) is 0 Å². The fourth-order valence-corrected chi connectivity index (χ4v) is 2.89. The van der Waals surface area contributed by atoms with Crippen LogP contribution in [0.25, 0.3) is 0 Å². The molecule has 1 rings (SSSR count). The second kappa shape index (κ2) is 9.07. The third-order valence-electron chi connectivity index (χ3n) is 3.46. The molecule has 1 fully saturated rings. The Kier molecular flexibility index (Phi) is 7.70. The number of amides is 2. The summed E-state index contributed by atoms with van der Waals surface area (Å²) in [6.07, 6.45) is 7.65. The summed E-state index contributed by atoms with van der Waals surface area (Å²) in [5.41, 5.74) is 0. The van der Waals surface area contributed by atoms with Gasteiger partial charge in [-0.1, -0.05) is 12.8 Å². The molecule has 1 saturated carbocycles. The summed E-state index contributed by atoms with van der Waals surface area (Å²) in [7, 11) is 0. The van der Waals surface area contributed by atoms with E-state index in [0.717, 1.165) is 31.4 Å². The Morgan fingerprint density at radius 1 is 1.26 bits per heavy atom. The topological polar surface area (TPSA) is 78.4 Å². The van der Waals surface area contributed by atoms with Crippen LogP contribution in [0.1, 0.15) is 38.5 Å². The fraction of sp³-hybridized carbons (Fsp3) is 0.846. The lowest BCUT2D eigenvalue weighted by molar-refractivity contribution is -0.142. The molecule has 0 aliphatic heterocycles. The van der Waals surface area contributed by atoms with Crippen LogP contribution in [0, 0.1) is 5.92 Å². The monoisotopic (exact) mass is 288 g/mol. The van der Waals surface area contributed by atoms with Crippen molar-refractivity contribution in [2.45, 2.75) is 44.6 Å². The van der Waals surface area contributed by atoms with Crippen molar-refractivity contribution in [2.75, 3.05) is 18.6 Å². The van der Waals surface area contributed by atoms with E-state index in [1.165, 1.54) is 6.42 Å². The van der Waals surface area contributed by atoms with Gasteiger partial charge in [0.25, 0.3) is 0 Å². The number of hydrogen-bond donors (Lipinski definition) is 3. The number of carbonyl (C=O) groups excluding carboxylic acids is 1. The molecule has 110 valence electrons. The number of aliphatic carboxylic acids is 1. The van der Waals surface area contributed by atoms with Crippen molar-refractivity contribution in [3.05, 3.63) is 0 Å². The summed E-state index contributed by atoms with van der Waals surface area (Å²) < 4.78 is 0. The third-order valence-corrected chi connectivity index (χ3v) is 4.16. The van der Waals surface area contributed by atoms with Crippen molar-refractivity contribution in [1.29, 1.82) is 0 Å². The Bertz CT molecular complexity index is 300.